The summed E-state index contributed by atoms with van der Waals surface area (Å²) in [6.45, 7) is 0. The van der Waals surface area contributed by atoms with E-state index in [0.717, 1.165) is 75.9 Å². The molecule has 0 unspecified atom stereocenters. The summed E-state index contributed by atoms with van der Waals surface area (Å²) in [4.78, 5) is 2.68. The second-order valence-electron chi connectivity index (χ2n) is 20.9. The molecule has 16 aromatic rings. The molecule has 6 heterocycles. The molecule has 0 saturated carbocycles. The zero-order valence-electron chi connectivity index (χ0n) is 40.5. The van der Waals surface area contributed by atoms with Crippen LogP contribution in [0.15, 0.2) is 239 Å². The molecule has 19 rings (SSSR count). The van der Waals surface area contributed by atoms with E-state index in [1.165, 1.54) is 86.9 Å². The maximum atomic E-state index is 7.00. The summed E-state index contributed by atoms with van der Waals surface area (Å²) in [7, 11) is 0. The van der Waals surface area contributed by atoms with Gasteiger partial charge in [0.2, 0.25) is 0 Å². The minimum Gasteiger partial charge on any atom is -0.454 e. The molecule has 0 aliphatic heterocycles. The van der Waals surface area contributed by atoms with Crippen LogP contribution in [0, 0.1) is 0 Å². The number of nitrogens with zero attached hydrogens (tertiary/aromatic N) is 2. The third kappa shape index (κ3) is 4.55. The highest BCUT2D eigenvalue weighted by Gasteiger charge is 2.61. The van der Waals surface area contributed by atoms with E-state index in [0.29, 0.717) is 0 Å². The fourth-order valence-corrected chi connectivity index (χ4v) is 17.7. The summed E-state index contributed by atoms with van der Waals surface area (Å²) in [5, 5.41) is 11.6. The van der Waals surface area contributed by atoms with Gasteiger partial charge < -0.3 is 8.83 Å². The molecule has 0 N–H and O–H groups in total. The van der Waals surface area contributed by atoms with Crippen molar-refractivity contribution in [3.8, 4) is 32.3 Å². The van der Waals surface area contributed by atoms with E-state index < -0.39 is 10.8 Å². The van der Waals surface area contributed by atoms with Crippen LogP contribution in [0.5, 0.6) is 0 Å². The lowest BCUT2D eigenvalue weighted by Gasteiger charge is -2.45. The van der Waals surface area contributed by atoms with Crippen LogP contribution in [-0.2, 0) is 10.8 Å². The Kier molecular flexibility index (Phi) is 7.38. The molecule has 0 atom stereocenters. The van der Waals surface area contributed by atoms with E-state index in [2.05, 4.69) is 240 Å². The zero-order chi connectivity index (χ0) is 49.2. The van der Waals surface area contributed by atoms with Crippen molar-refractivity contribution in [2.24, 2.45) is 0 Å². The fourth-order valence-electron chi connectivity index (χ4n) is 14.8. The third-order valence-corrected chi connectivity index (χ3v) is 20.1. The highest BCUT2D eigenvalue weighted by atomic mass is 32.1. The molecule has 76 heavy (non-hydrogen) atoms. The zero-order valence-corrected chi connectivity index (χ0v) is 42.1. The van der Waals surface area contributed by atoms with Crippen molar-refractivity contribution in [2.45, 2.75) is 10.8 Å². The number of fused-ring (bicyclic) bond motifs is 30. The van der Waals surface area contributed by atoms with Gasteiger partial charge in [-0.3, -0.25) is 9.13 Å². The molecule has 0 saturated heterocycles. The summed E-state index contributed by atoms with van der Waals surface area (Å²) in [5.41, 5.74) is 19.8. The molecular weight excluding hydrogens is 965 g/mol. The standard InChI is InChI=1S/C70H38N2O2S2/c1-9-25-51-39(17-1)40-18-2-10-26-52(40)69(51)55-37-61(71-57-29-13-5-21-43(57)47-33-35-49-45-23-7-15-31-59(45)73-65(49)63(47)71)76-68(55)70(53-27-11-3-19-41(53)42-20-4-12-28-54(42)70)56-38-62(75-67(56)69)72-58-30-14-6-22-44(58)48-34-36-50-46-24-8-16-32-60(46)74-66(50)64(48)72/h1-38H. The Bertz CT molecular complexity index is 4810. The number of hydrogen-bond acceptors (Lipinski definition) is 4. The number of benzene rings is 10. The average molecular weight is 1000 g/mol. The van der Waals surface area contributed by atoms with Crippen LogP contribution in [0.4, 0.5) is 0 Å². The first-order valence-corrected chi connectivity index (χ1v) is 27.7. The summed E-state index contributed by atoms with van der Waals surface area (Å²) >= 11 is 3.91. The van der Waals surface area contributed by atoms with Crippen molar-refractivity contribution in [1.29, 1.82) is 0 Å². The van der Waals surface area contributed by atoms with Gasteiger partial charge in [0, 0.05) is 52.8 Å². The average Bonchev–Trinajstić information content (AvgIpc) is 4.54. The SMILES string of the molecule is c1ccc2c(c1)-c1ccccc1C21c2cc(-n3c4ccccc4c4ccc5c6ccccc6oc5c43)sc2C2(c3ccccc3-c3ccccc32)c2cc(-n3c4ccccc4c4ccc5c6ccccc6oc5c43)sc21. The van der Waals surface area contributed by atoms with Crippen molar-refractivity contribution in [3.63, 3.8) is 0 Å². The van der Waals surface area contributed by atoms with Gasteiger partial charge in [0.1, 0.15) is 21.2 Å². The second-order valence-corrected chi connectivity index (χ2v) is 23.0. The first-order chi connectivity index (χ1) is 37.7. The predicted molar refractivity (Wildman–Crippen MR) is 314 cm³/mol. The molecule has 3 aliphatic rings. The van der Waals surface area contributed by atoms with Gasteiger partial charge in [0.25, 0.3) is 0 Å². The summed E-state index contributed by atoms with van der Waals surface area (Å²) < 4.78 is 19.1. The Hall–Kier alpha value is -9.20. The molecule has 3 aliphatic carbocycles. The molecule has 6 aromatic heterocycles. The number of rotatable bonds is 2. The Labute approximate surface area is 442 Å². The van der Waals surface area contributed by atoms with E-state index in [9.17, 15) is 0 Å². The van der Waals surface area contributed by atoms with Crippen molar-refractivity contribution in [3.05, 3.63) is 274 Å². The van der Waals surface area contributed by atoms with E-state index >= 15 is 0 Å². The van der Waals surface area contributed by atoms with Gasteiger partial charge in [0.15, 0.2) is 11.2 Å². The number of aromatic nitrogens is 2. The van der Waals surface area contributed by atoms with Gasteiger partial charge in [-0.2, -0.15) is 0 Å². The van der Waals surface area contributed by atoms with Crippen LogP contribution in [0.25, 0.3) is 120 Å². The Morgan fingerprint density at radius 1 is 0.289 bits per heavy atom. The Balaban J connectivity index is 1.01. The van der Waals surface area contributed by atoms with Crippen molar-refractivity contribution in [1.82, 2.24) is 9.13 Å². The number of para-hydroxylation sites is 4. The van der Waals surface area contributed by atoms with Gasteiger partial charge in [-0.15, -0.1) is 22.7 Å². The van der Waals surface area contributed by atoms with Gasteiger partial charge >= 0.3 is 0 Å². The Morgan fingerprint density at radius 2 is 0.618 bits per heavy atom. The molecule has 0 fully saturated rings. The number of furan rings is 2. The number of thiophene rings is 2. The fraction of sp³-hybridized carbons (Fsp3) is 0.0286. The van der Waals surface area contributed by atoms with E-state index in [1.54, 1.807) is 0 Å². The topological polar surface area (TPSA) is 36.1 Å². The first kappa shape index (κ1) is 40.2. The largest absolute Gasteiger partial charge is 0.454 e. The minimum atomic E-state index is -0.686. The summed E-state index contributed by atoms with van der Waals surface area (Å²) in [6, 6.07) is 86.1. The van der Waals surface area contributed by atoms with Crippen LogP contribution in [-0.4, -0.2) is 9.13 Å². The summed E-state index contributed by atoms with van der Waals surface area (Å²) in [6.07, 6.45) is 0. The van der Waals surface area contributed by atoms with E-state index in [-0.39, 0.29) is 0 Å². The van der Waals surface area contributed by atoms with Crippen LogP contribution >= 0.6 is 22.7 Å². The normalized spacial score (nSPS) is 14.5. The van der Waals surface area contributed by atoms with E-state index in [4.69, 9.17) is 8.83 Å². The first-order valence-electron chi connectivity index (χ1n) is 26.1. The van der Waals surface area contributed by atoms with Gasteiger partial charge in [0.05, 0.1) is 32.9 Å². The molecule has 2 spiro atoms. The van der Waals surface area contributed by atoms with Crippen LogP contribution < -0.4 is 0 Å². The van der Waals surface area contributed by atoms with Crippen molar-refractivity contribution in [2.75, 3.05) is 0 Å². The van der Waals surface area contributed by atoms with Gasteiger partial charge in [-0.1, -0.05) is 182 Å². The highest BCUT2D eigenvalue weighted by Crippen LogP contribution is 2.71. The molecular formula is C70H38N2O2S2. The van der Waals surface area contributed by atoms with Crippen LogP contribution in [0.1, 0.15) is 43.1 Å². The molecule has 0 bridgehead atoms. The molecule has 0 radical (unpaired) electrons. The maximum absolute atomic E-state index is 7.00. The minimum absolute atomic E-state index is 0.686. The van der Waals surface area contributed by atoms with Crippen LogP contribution in [0.2, 0.25) is 0 Å². The van der Waals surface area contributed by atoms with Gasteiger partial charge in [-0.25, -0.2) is 0 Å². The monoisotopic (exact) mass is 1000 g/mol. The van der Waals surface area contributed by atoms with Crippen molar-refractivity contribution >= 4 is 110 Å². The lowest BCUT2D eigenvalue weighted by atomic mass is 9.58. The van der Waals surface area contributed by atoms with Crippen LogP contribution in [0.3, 0.4) is 0 Å². The van der Waals surface area contributed by atoms with Gasteiger partial charge in [-0.05, 0) is 104 Å². The molecule has 4 nitrogen and oxygen atoms in total. The van der Waals surface area contributed by atoms with E-state index in [1.807, 2.05) is 22.7 Å². The lowest BCUT2D eigenvalue weighted by molar-refractivity contribution is 0.661. The smallest absolute Gasteiger partial charge is 0.160 e. The predicted octanol–water partition coefficient (Wildman–Crippen LogP) is 18.8. The quantitative estimate of drug-likeness (QED) is 0.173. The molecule has 352 valence electrons. The van der Waals surface area contributed by atoms with Crippen molar-refractivity contribution < 1.29 is 8.83 Å². The molecule has 6 heteroatoms. The maximum Gasteiger partial charge on any atom is 0.160 e. The Morgan fingerprint density at radius 3 is 1.03 bits per heavy atom. The number of hydrogen-bond donors (Lipinski definition) is 0. The molecule has 0 amide bonds. The third-order valence-electron chi connectivity index (χ3n) is 17.6. The lowest BCUT2D eigenvalue weighted by Crippen LogP contribution is -2.41. The second kappa shape index (κ2) is 13.9. The highest BCUT2D eigenvalue weighted by molar-refractivity contribution is 7.16. The molecule has 10 aromatic carbocycles. The summed E-state index contributed by atoms with van der Waals surface area (Å²) in [5.74, 6) is 0.